The molecule has 226 valence electrons. The van der Waals surface area contributed by atoms with Gasteiger partial charge in [-0.1, -0.05) is 42.5 Å². The molecule has 0 saturated carbocycles. The fraction of sp³-hybridized carbons (Fsp3) is 0.194. The van der Waals surface area contributed by atoms with E-state index in [2.05, 4.69) is 10.3 Å². The Labute approximate surface area is 254 Å². The first-order valence-corrected chi connectivity index (χ1v) is 15.2. The zero-order chi connectivity index (χ0) is 31.4. The number of aryl methyl sites for hydroxylation is 1. The summed E-state index contributed by atoms with van der Waals surface area (Å²) in [5, 5.41) is 10.7. The maximum absolute atomic E-state index is 14.2. The third-order valence-electron chi connectivity index (χ3n) is 7.06. The lowest BCUT2D eigenvalue weighted by Crippen LogP contribution is -2.42. The molecule has 0 unspecified atom stereocenters. The van der Waals surface area contributed by atoms with Gasteiger partial charge in [-0.3, -0.25) is 24.3 Å². The number of nitrogens with two attached hydrogens (primary N) is 1. The van der Waals surface area contributed by atoms with Crippen molar-refractivity contribution >= 4 is 55.4 Å². The van der Waals surface area contributed by atoms with E-state index < -0.39 is 35.0 Å². The highest BCUT2D eigenvalue weighted by Crippen LogP contribution is 2.30. The van der Waals surface area contributed by atoms with Crippen molar-refractivity contribution in [1.82, 2.24) is 19.9 Å². The second kappa shape index (κ2) is 12.5. The summed E-state index contributed by atoms with van der Waals surface area (Å²) in [5.41, 5.74) is 8.93. The van der Waals surface area contributed by atoms with Crippen LogP contribution >= 0.6 is 0 Å². The first kappa shape index (κ1) is 30.2. The minimum absolute atomic E-state index is 0.0137. The molecule has 0 bridgehead atoms. The Morgan fingerprint density at radius 1 is 1.07 bits per heavy atom. The van der Waals surface area contributed by atoms with Crippen molar-refractivity contribution in [3.8, 4) is 0 Å². The number of anilines is 1. The van der Waals surface area contributed by atoms with Crippen molar-refractivity contribution < 1.29 is 22.7 Å². The number of benzene rings is 3. The van der Waals surface area contributed by atoms with Gasteiger partial charge in [-0.2, -0.15) is 0 Å². The average Bonchev–Trinajstić information content (AvgIpc) is 3.32. The molecule has 0 atom stereocenters. The lowest BCUT2D eigenvalue weighted by atomic mass is 10.1. The number of nitrogens with one attached hydrogen (secondary N) is 2. The number of hydrogen-bond donors (Lipinski definition) is 3. The number of nitrogen functional groups attached to an aromatic ring is 1. The molecule has 0 saturated heterocycles. The van der Waals surface area contributed by atoms with Gasteiger partial charge >= 0.3 is 5.97 Å². The maximum Gasteiger partial charge on any atom is 0.325 e. The molecule has 0 radical (unpaired) electrons. The van der Waals surface area contributed by atoms with Crippen LogP contribution in [0.3, 0.4) is 0 Å². The number of amidine groups is 1. The van der Waals surface area contributed by atoms with Gasteiger partial charge in [0.15, 0.2) is 0 Å². The predicted molar refractivity (Wildman–Crippen MR) is 167 cm³/mol. The van der Waals surface area contributed by atoms with Crippen LogP contribution in [0, 0.1) is 5.41 Å². The van der Waals surface area contributed by atoms with Crippen molar-refractivity contribution in [2.24, 2.45) is 12.8 Å². The number of nitrogens with zero attached hydrogens (tertiary/aromatic N) is 4. The van der Waals surface area contributed by atoms with Crippen LogP contribution in [-0.4, -0.2) is 60.4 Å². The quantitative estimate of drug-likeness (QED) is 0.116. The van der Waals surface area contributed by atoms with Gasteiger partial charge in [-0.05, 0) is 42.8 Å². The van der Waals surface area contributed by atoms with Crippen LogP contribution in [0.5, 0.6) is 0 Å². The van der Waals surface area contributed by atoms with E-state index in [1.54, 1.807) is 61.5 Å². The maximum atomic E-state index is 14.2. The topological polar surface area (TPSA) is 173 Å². The molecule has 2 aromatic heterocycles. The van der Waals surface area contributed by atoms with Gasteiger partial charge in [0.2, 0.25) is 5.91 Å². The summed E-state index contributed by atoms with van der Waals surface area (Å²) in [6.45, 7) is 0.805. The van der Waals surface area contributed by atoms with Gasteiger partial charge in [0, 0.05) is 30.6 Å². The number of rotatable bonds is 11. The summed E-state index contributed by atoms with van der Waals surface area (Å²) in [6, 6.07) is 20.6. The Kier molecular flexibility index (Phi) is 8.58. The molecule has 0 aliphatic rings. The lowest BCUT2D eigenvalue weighted by molar-refractivity contribution is -0.143. The Hall–Kier alpha value is -5.30. The van der Waals surface area contributed by atoms with Crippen LogP contribution in [0.1, 0.15) is 23.9 Å². The second-order valence-electron chi connectivity index (χ2n) is 9.97. The van der Waals surface area contributed by atoms with E-state index in [9.17, 15) is 18.0 Å². The van der Waals surface area contributed by atoms with Crippen molar-refractivity contribution in [3.63, 3.8) is 0 Å². The van der Waals surface area contributed by atoms with Crippen LogP contribution < -0.4 is 15.4 Å². The molecule has 1 amide bonds. The molecule has 12 nitrogen and oxygen atoms in total. The van der Waals surface area contributed by atoms with E-state index in [1.807, 2.05) is 23.7 Å². The molecule has 5 rings (SSSR count). The van der Waals surface area contributed by atoms with Gasteiger partial charge in [-0.25, -0.2) is 13.4 Å². The average molecular weight is 614 g/mol. The van der Waals surface area contributed by atoms with E-state index in [-0.39, 0.29) is 28.5 Å². The van der Waals surface area contributed by atoms with Crippen molar-refractivity contribution in [2.75, 3.05) is 24.0 Å². The number of esters is 1. The van der Waals surface area contributed by atoms with E-state index >= 15 is 0 Å². The summed E-state index contributed by atoms with van der Waals surface area (Å²) >= 11 is 0. The smallest absolute Gasteiger partial charge is 0.325 e. The van der Waals surface area contributed by atoms with Crippen LogP contribution in [0.25, 0.3) is 21.9 Å². The molecular weight excluding hydrogens is 582 g/mol. The zero-order valence-corrected chi connectivity index (χ0v) is 25.0. The number of sulfonamides is 1. The third-order valence-corrected chi connectivity index (χ3v) is 8.86. The molecule has 3 aromatic carbocycles. The largest absolute Gasteiger partial charge is 0.465 e. The Morgan fingerprint density at radius 3 is 2.55 bits per heavy atom. The Morgan fingerprint density at radius 2 is 1.82 bits per heavy atom. The lowest BCUT2D eigenvalue weighted by Gasteiger charge is -2.24. The Balaban J connectivity index is 1.53. The number of para-hydroxylation sites is 1. The summed E-state index contributed by atoms with van der Waals surface area (Å²) in [5.74, 6) is -0.606. The van der Waals surface area contributed by atoms with E-state index in [0.717, 1.165) is 21.2 Å². The van der Waals surface area contributed by atoms with Crippen molar-refractivity contribution in [3.05, 3.63) is 95.9 Å². The van der Waals surface area contributed by atoms with Crippen LogP contribution in [-0.2, 0) is 37.8 Å². The van der Waals surface area contributed by atoms with Crippen LogP contribution in [0.4, 0.5) is 5.69 Å². The monoisotopic (exact) mass is 613 g/mol. The highest BCUT2D eigenvalue weighted by Gasteiger charge is 2.30. The fourth-order valence-electron chi connectivity index (χ4n) is 4.82. The molecule has 0 spiro atoms. The molecular formula is C31H31N7O5S. The predicted octanol–water partition coefficient (Wildman–Crippen LogP) is 2.87. The number of pyridine rings is 1. The Bertz CT molecular complexity index is 1980. The molecule has 2 heterocycles. The van der Waals surface area contributed by atoms with Gasteiger partial charge in [0.1, 0.15) is 29.6 Å². The first-order valence-electron chi connectivity index (χ1n) is 13.8. The number of ether oxygens (including phenoxy) is 1. The summed E-state index contributed by atoms with van der Waals surface area (Å²) in [7, 11) is -2.46. The SMILES string of the molecule is CCOC(=O)CNC(=O)CN(c1ccc2c(c1)nc(Cc1ccc(C(=N)N)cc1)n2C)S(=O)(=O)c1cccc2cccnc12. The highest BCUT2D eigenvalue weighted by atomic mass is 32.2. The first-order chi connectivity index (χ1) is 21.1. The minimum Gasteiger partial charge on any atom is -0.465 e. The van der Waals surface area contributed by atoms with Crippen LogP contribution in [0.2, 0.25) is 0 Å². The third kappa shape index (κ3) is 6.22. The summed E-state index contributed by atoms with van der Waals surface area (Å²) in [6.07, 6.45) is 1.99. The zero-order valence-electron chi connectivity index (χ0n) is 24.1. The molecule has 5 aromatic rings. The molecule has 0 aliphatic carbocycles. The molecule has 0 aliphatic heterocycles. The number of carbonyl (C=O) groups excluding carboxylic acids is 2. The molecule has 13 heteroatoms. The number of imidazole rings is 1. The van der Waals surface area contributed by atoms with Crippen molar-refractivity contribution in [2.45, 2.75) is 18.2 Å². The highest BCUT2D eigenvalue weighted by molar-refractivity contribution is 7.93. The van der Waals surface area contributed by atoms with Gasteiger partial charge in [0.05, 0.1) is 28.8 Å². The summed E-state index contributed by atoms with van der Waals surface area (Å²) in [4.78, 5) is 33.8. The molecule has 4 N–H and O–H groups in total. The molecule has 44 heavy (non-hydrogen) atoms. The van der Waals surface area contributed by atoms with Crippen molar-refractivity contribution in [1.29, 1.82) is 5.41 Å². The number of carbonyl (C=O) groups is 2. The molecule has 0 fully saturated rings. The number of aromatic nitrogens is 3. The fourth-order valence-corrected chi connectivity index (χ4v) is 6.40. The van der Waals surface area contributed by atoms with Crippen LogP contribution in [0.15, 0.2) is 83.9 Å². The van der Waals surface area contributed by atoms with Gasteiger partial charge < -0.3 is 20.4 Å². The second-order valence-corrected chi connectivity index (χ2v) is 11.8. The number of hydrogen-bond acceptors (Lipinski definition) is 8. The normalized spacial score (nSPS) is 11.4. The summed E-state index contributed by atoms with van der Waals surface area (Å²) < 4.78 is 36.2. The number of fused-ring (bicyclic) bond motifs is 2. The number of amides is 1. The van der Waals surface area contributed by atoms with E-state index in [4.69, 9.17) is 20.9 Å². The van der Waals surface area contributed by atoms with E-state index in [0.29, 0.717) is 22.9 Å². The minimum atomic E-state index is -4.32. The van der Waals surface area contributed by atoms with Gasteiger partial charge in [-0.15, -0.1) is 0 Å². The van der Waals surface area contributed by atoms with E-state index in [1.165, 1.54) is 12.3 Å². The standard InChI is InChI=1S/C31H31N7O5S/c1-3-43-29(40)18-35-28(39)19-38(44(41,42)26-8-4-6-21-7-5-15-34-30(21)26)23-13-14-25-24(17-23)36-27(37(25)2)16-20-9-11-22(12-10-20)31(32)33/h4-15,17H,3,16,18-19H2,1-2H3,(H3,32,33)(H,35,39). The van der Waals surface area contributed by atoms with Gasteiger partial charge in [0.25, 0.3) is 10.0 Å².